The smallest absolute Gasteiger partial charge is 0.269 e. The van der Waals surface area contributed by atoms with Gasteiger partial charge in [-0.15, -0.1) is 0 Å². The van der Waals surface area contributed by atoms with Gasteiger partial charge >= 0.3 is 0 Å². The molecule has 6 nitrogen and oxygen atoms in total. The van der Waals surface area contributed by atoms with Crippen molar-refractivity contribution in [2.45, 2.75) is 25.3 Å². The van der Waals surface area contributed by atoms with Gasteiger partial charge in [0, 0.05) is 24.6 Å². The Balaban J connectivity index is 1.78. The molecule has 0 bridgehead atoms. The van der Waals surface area contributed by atoms with Crippen molar-refractivity contribution < 1.29 is 4.92 Å². The Hall–Kier alpha value is -2.15. The molecule has 27 heavy (non-hydrogen) atoms. The van der Waals surface area contributed by atoms with Gasteiger partial charge in [0.05, 0.1) is 26.0 Å². The number of rotatable bonds is 4. The van der Waals surface area contributed by atoms with Gasteiger partial charge in [-0.3, -0.25) is 10.1 Å². The average Bonchev–Trinajstić information content (AvgIpc) is 3.01. The Labute approximate surface area is 166 Å². The minimum atomic E-state index is -0.390. The molecule has 0 radical (unpaired) electrons. The number of aromatic nitrogens is 2. The Morgan fingerprint density at radius 2 is 1.81 bits per heavy atom. The van der Waals surface area contributed by atoms with Crippen molar-refractivity contribution in [2.24, 2.45) is 0 Å². The Bertz CT molecular complexity index is 995. The third kappa shape index (κ3) is 3.65. The number of piperidine rings is 1. The van der Waals surface area contributed by atoms with Crippen LogP contribution in [0.5, 0.6) is 0 Å². The van der Waals surface area contributed by atoms with E-state index in [4.69, 9.17) is 28.2 Å². The molecule has 0 aliphatic carbocycles. The van der Waals surface area contributed by atoms with Crippen molar-refractivity contribution in [1.29, 1.82) is 0 Å². The molecular weight excluding hydrogens is 387 g/mol. The highest BCUT2D eigenvalue weighted by atomic mass is 35.5. The Morgan fingerprint density at radius 1 is 1.15 bits per heavy atom. The molecule has 3 aromatic rings. The molecule has 0 saturated carbocycles. The van der Waals surface area contributed by atoms with Crippen LogP contribution in [0, 0.1) is 10.1 Å². The van der Waals surface area contributed by atoms with Crippen molar-refractivity contribution in [3.05, 3.63) is 67.9 Å². The van der Waals surface area contributed by atoms with Gasteiger partial charge in [-0.05, 0) is 43.6 Å². The molecule has 1 fully saturated rings. The summed E-state index contributed by atoms with van der Waals surface area (Å²) < 4.78 is 2.16. The largest absolute Gasteiger partial charge is 0.323 e. The van der Waals surface area contributed by atoms with Crippen molar-refractivity contribution in [3.63, 3.8) is 0 Å². The Morgan fingerprint density at radius 3 is 2.48 bits per heavy atom. The third-order valence-corrected chi connectivity index (χ3v) is 5.73. The topological polar surface area (TPSA) is 73.0 Å². The minimum absolute atomic E-state index is 0.0858. The summed E-state index contributed by atoms with van der Waals surface area (Å²) in [7, 11) is 0. The van der Waals surface area contributed by atoms with Gasteiger partial charge in [-0.2, -0.15) is 0 Å². The summed E-state index contributed by atoms with van der Waals surface area (Å²) in [5.74, 6) is 1.37. The van der Waals surface area contributed by atoms with E-state index in [0.29, 0.717) is 22.5 Å². The number of imidazole rings is 1. The van der Waals surface area contributed by atoms with Crippen molar-refractivity contribution in [1.82, 2.24) is 14.9 Å². The molecule has 0 spiro atoms. The second kappa shape index (κ2) is 7.46. The molecule has 1 N–H and O–H groups in total. The first-order valence-electron chi connectivity index (χ1n) is 8.82. The van der Waals surface area contributed by atoms with Crippen LogP contribution in [0.25, 0.3) is 11.0 Å². The van der Waals surface area contributed by atoms with Crippen LogP contribution in [0.4, 0.5) is 5.69 Å². The van der Waals surface area contributed by atoms with Crippen LogP contribution in [0.1, 0.15) is 30.1 Å². The monoisotopic (exact) mass is 404 g/mol. The fourth-order valence-corrected chi connectivity index (χ4v) is 3.92. The molecule has 1 aliphatic heterocycles. The summed E-state index contributed by atoms with van der Waals surface area (Å²) in [4.78, 5) is 15.4. The predicted octanol–water partition coefficient (Wildman–Crippen LogP) is 4.77. The maximum atomic E-state index is 10.9. The SMILES string of the molecule is O=[N+]([O-])c1ccc(Cn2c(C3CCNCC3)nc3cc(Cl)c(Cl)cc32)cc1. The molecule has 1 aromatic heterocycles. The van der Waals surface area contributed by atoms with Crippen molar-refractivity contribution in [3.8, 4) is 0 Å². The standard InChI is InChI=1S/C19H18Cl2N4O2/c20-15-9-17-18(10-16(15)21)24(19(23-17)13-5-7-22-8-6-13)11-12-1-3-14(4-2-12)25(26)27/h1-4,9-10,13,22H,5-8,11H2. The maximum Gasteiger partial charge on any atom is 0.269 e. The van der Waals surface area contributed by atoms with E-state index < -0.39 is 4.92 Å². The third-order valence-electron chi connectivity index (χ3n) is 5.01. The van der Waals surface area contributed by atoms with Crippen LogP contribution in [0.15, 0.2) is 36.4 Å². The maximum absolute atomic E-state index is 10.9. The average molecular weight is 405 g/mol. The number of non-ortho nitro benzene ring substituents is 1. The molecule has 0 amide bonds. The lowest BCUT2D eigenvalue weighted by Gasteiger charge is -2.23. The summed E-state index contributed by atoms with van der Waals surface area (Å²) in [6.45, 7) is 2.51. The lowest BCUT2D eigenvalue weighted by molar-refractivity contribution is -0.384. The number of halogens is 2. The molecule has 1 aliphatic rings. The van der Waals surface area contributed by atoms with Gasteiger partial charge in [0.15, 0.2) is 0 Å². The minimum Gasteiger partial charge on any atom is -0.323 e. The second-order valence-electron chi connectivity index (χ2n) is 6.76. The van der Waals surface area contributed by atoms with Crippen LogP contribution >= 0.6 is 23.2 Å². The molecule has 0 unspecified atom stereocenters. The summed E-state index contributed by atoms with van der Waals surface area (Å²) in [6.07, 6.45) is 2.04. The highest BCUT2D eigenvalue weighted by Gasteiger charge is 2.23. The highest BCUT2D eigenvalue weighted by molar-refractivity contribution is 6.42. The molecule has 8 heteroatoms. The van der Waals surface area contributed by atoms with E-state index in [9.17, 15) is 10.1 Å². The zero-order valence-corrected chi connectivity index (χ0v) is 16.0. The summed E-state index contributed by atoms with van der Waals surface area (Å²) in [5.41, 5.74) is 2.81. The zero-order chi connectivity index (χ0) is 19.0. The first kappa shape index (κ1) is 18.2. The molecule has 140 valence electrons. The number of nitro benzene ring substituents is 1. The van der Waals surface area contributed by atoms with Crippen LogP contribution in [0.3, 0.4) is 0 Å². The van der Waals surface area contributed by atoms with E-state index >= 15 is 0 Å². The van der Waals surface area contributed by atoms with Gasteiger partial charge in [0.2, 0.25) is 0 Å². The zero-order valence-electron chi connectivity index (χ0n) is 14.5. The highest BCUT2D eigenvalue weighted by Crippen LogP contribution is 2.33. The van der Waals surface area contributed by atoms with Crippen molar-refractivity contribution in [2.75, 3.05) is 13.1 Å². The molecule has 4 rings (SSSR count). The molecule has 1 saturated heterocycles. The fourth-order valence-electron chi connectivity index (χ4n) is 3.60. The van der Waals surface area contributed by atoms with Crippen LogP contribution in [-0.4, -0.2) is 27.6 Å². The fraction of sp³-hybridized carbons (Fsp3) is 0.316. The molecule has 0 atom stereocenters. The van der Waals surface area contributed by atoms with E-state index in [1.807, 2.05) is 6.07 Å². The van der Waals surface area contributed by atoms with Crippen molar-refractivity contribution >= 4 is 39.9 Å². The first-order valence-corrected chi connectivity index (χ1v) is 9.58. The van der Waals surface area contributed by atoms with Gasteiger partial charge in [0.1, 0.15) is 5.82 Å². The van der Waals surface area contributed by atoms with E-state index in [1.54, 1.807) is 18.2 Å². The summed E-state index contributed by atoms with van der Waals surface area (Å²) in [5, 5.41) is 15.2. The number of hydrogen-bond acceptors (Lipinski definition) is 4. The van der Waals surface area contributed by atoms with E-state index in [0.717, 1.165) is 48.4 Å². The normalized spacial score (nSPS) is 15.3. The van der Waals surface area contributed by atoms with Gasteiger partial charge in [-0.25, -0.2) is 4.98 Å². The lowest BCUT2D eigenvalue weighted by Crippen LogP contribution is -2.28. The van der Waals surface area contributed by atoms with Gasteiger partial charge in [-0.1, -0.05) is 35.3 Å². The van der Waals surface area contributed by atoms with E-state index in [-0.39, 0.29) is 5.69 Å². The molecule has 2 heterocycles. The van der Waals surface area contributed by atoms with Crippen LogP contribution in [0.2, 0.25) is 10.0 Å². The predicted molar refractivity (Wildman–Crippen MR) is 107 cm³/mol. The number of nitro groups is 1. The van der Waals surface area contributed by atoms with Crippen LogP contribution < -0.4 is 5.32 Å². The quantitative estimate of drug-likeness (QED) is 0.502. The lowest BCUT2D eigenvalue weighted by atomic mass is 9.97. The number of nitrogens with zero attached hydrogens (tertiary/aromatic N) is 3. The Kier molecular flexibility index (Phi) is 5.04. The summed E-state index contributed by atoms with van der Waals surface area (Å²) >= 11 is 12.4. The second-order valence-corrected chi connectivity index (χ2v) is 7.57. The van der Waals surface area contributed by atoms with Gasteiger partial charge in [0.25, 0.3) is 5.69 Å². The molecule has 2 aromatic carbocycles. The van der Waals surface area contributed by atoms with Crippen LogP contribution in [-0.2, 0) is 6.54 Å². The number of nitrogens with one attached hydrogen (secondary N) is 1. The molecular formula is C19H18Cl2N4O2. The number of benzene rings is 2. The van der Waals surface area contributed by atoms with E-state index in [2.05, 4.69) is 9.88 Å². The van der Waals surface area contributed by atoms with Gasteiger partial charge < -0.3 is 9.88 Å². The number of fused-ring (bicyclic) bond motifs is 1. The van der Waals surface area contributed by atoms with E-state index in [1.165, 1.54) is 12.1 Å². The summed E-state index contributed by atoms with van der Waals surface area (Å²) in [6, 6.07) is 10.3. The number of hydrogen-bond donors (Lipinski definition) is 1. The first-order chi connectivity index (χ1) is 13.0.